The summed E-state index contributed by atoms with van der Waals surface area (Å²) in [6, 6.07) is 31.6. The molecule has 0 bridgehead atoms. The highest BCUT2D eigenvalue weighted by Crippen LogP contribution is 2.60. The molecule has 2 N–H and O–H groups in total. The Morgan fingerprint density at radius 2 is 0.767 bits per heavy atom. The van der Waals surface area contributed by atoms with Crippen molar-refractivity contribution in [2.75, 3.05) is 0 Å². The minimum absolute atomic E-state index is 0.202. The Kier molecular flexibility index (Phi) is 6.10. The standard InChI is InChI=1S/C37H22F4O2/c38-29-19-27(35(42)33(40)31(29)21-11-3-1-4-12-21)37(25-17-9-7-15-23(25)24-16-8-10-18-26(24)37)28-20-30(39)32(34(41)36(28)43)22-13-5-2-6-14-22/h1-20,42-43H. The molecule has 1 aliphatic carbocycles. The molecule has 0 atom stereocenters. The van der Waals surface area contributed by atoms with Gasteiger partial charge < -0.3 is 10.2 Å². The number of fused-ring (bicyclic) bond motifs is 3. The maximum Gasteiger partial charge on any atom is 0.175 e. The van der Waals surface area contributed by atoms with Crippen molar-refractivity contribution in [3.63, 3.8) is 0 Å². The molecule has 0 heterocycles. The van der Waals surface area contributed by atoms with E-state index in [1.54, 1.807) is 84.9 Å². The fraction of sp³-hybridized carbons (Fsp3) is 0.0270. The quantitative estimate of drug-likeness (QED) is 0.206. The first kappa shape index (κ1) is 26.5. The van der Waals surface area contributed by atoms with Gasteiger partial charge >= 0.3 is 0 Å². The van der Waals surface area contributed by atoms with Gasteiger partial charge in [-0.3, -0.25) is 0 Å². The molecule has 0 fully saturated rings. The second-order valence-corrected chi connectivity index (χ2v) is 10.5. The van der Waals surface area contributed by atoms with Gasteiger partial charge in [-0.2, -0.15) is 0 Å². The summed E-state index contributed by atoms with van der Waals surface area (Å²) in [7, 11) is 0. The molecule has 7 rings (SSSR count). The fourth-order valence-corrected chi connectivity index (χ4v) is 6.49. The van der Waals surface area contributed by atoms with Crippen LogP contribution in [-0.4, -0.2) is 10.2 Å². The van der Waals surface area contributed by atoms with Gasteiger partial charge in [-0.25, -0.2) is 17.6 Å². The van der Waals surface area contributed by atoms with E-state index in [0.717, 1.165) is 12.1 Å². The van der Waals surface area contributed by atoms with Crippen LogP contribution in [0.4, 0.5) is 17.6 Å². The maximum atomic E-state index is 16.1. The zero-order chi connectivity index (χ0) is 29.9. The van der Waals surface area contributed by atoms with Crippen molar-refractivity contribution in [2.45, 2.75) is 5.41 Å². The molecule has 0 amide bonds. The van der Waals surface area contributed by atoms with Crippen LogP contribution < -0.4 is 0 Å². The molecule has 6 heteroatoms. The van der Waals surface area contributed by atoms with Gasteiger partial charge in [0.2, 0.25) is 0 Å². The van der Waals surface area contributed by atoms with Crippen molar-refractivity contribution < 1.29 is 27.8 Å². The van der Waals surface area contributed by atoms with Gasteiger partial charge in [0.1, 0.15) is 11.6 Å². The summed E-state index contributed by atoms with van der Waals surface area (Å²) in [5.41, 5.74) is -0.970. The number of benzene rings is 6. The monoisotopic (exact) mass is 574 g/mol. The van der Waals surface area contributed by atoms with Crippen LogP contribution in [0.15, 0.2) is 121 Å². The van der Waals surface area contributed by atoms with Crippen molar-refractivity contribution in [3.05, 3.63) is 167 Å². The van der Waals surface area contributed by atoms with Gasteiger partial charge in [-0.15, -0.1) is 0 Å². The van der Waals surface area contributed by atoms with E-state index in [-0.39, 0.29) is 22.3 Å². The topological polar surface area (TPSA) is 40.5 Å². The lowest BCUT2D eigenvalue weighted by Gasteiger charge is -2.35. The summed E-state index contributed by atoms with van der Waals surface area (Å²) in [5.74, 6) is -6.25. The minimum atomic E-state index is -1.89. The third kappa shape index (κ3) is 3.73. The lowest BCUT2D eigenvalue weighted by atomic mass is 9.66. The van der Waals surface area contributed by atoms with E-state index in [4.69, 9.17) is 0 Å². The average Bonchev–Trinajstić information content (AvgIpc) is 3.33. The van der Waals surface area contributed by atoms with Crippen molar-refractivity contribution in [1.82, 2.24) is 0 Å². The predicted octanol–water partition coefficient (Wildman–Crippen LogP) is 9.35. The summed E-state index contributed by atoms with van der Waals surface area (Å²) in [6.07, 6.45) is 0. The number of phenolic OH excluding ortho intramolecular Hbond substituents is 2. The number of phenols is 2. The Bertz CT molecular complexity index is 1890. The van der Waals surface area contributed by atoms with Crippen molar-refractivity contribution in [1.29, 1.82) is 0 Å². The Morgan fingerprint density at radius 3 is 1.16 bits per heavy atom. The third-order valence-corrected chi connectivity index (χ3v) is 8.27. The second-order valence-electron chi connectivity index (χ2n) is 10.5. The van der Waals surface area contributed by atoms with E-state index >= 15 is 17.6 Å². The molecular weight excluding hydrogens is 552 g/mol. The first-order valence-corrected chi connectivity index (χ1v) is 13.6. The molecule has 6 aromatic rings. The van der Waals surface area contributed by atoms with Crippen molar-refractivity contribution >= 4 is 0 Å². The lowest BCUT2D eigenvalue weighted by molar-refractivity contribution is 0.404. The average molecular weight is 575 g/mol. The molecule has 0 spiro atoms. The molecule has 0 aromatic heterocycles. The summed E-state index contributed by atoms with van der Waals surface area (Å²) < 4.78 is 64.4. The van der Waals surface area contributed by atoms with Gasteiger partial charge in [0.05, 0.1) is 16.5 Å². The molecule has 210 valence electrons. The van der Waals surface area contributed by atoms with Crippen LogP contribution in [0.25, 0.3) is 33.4 Å². The van der Waals surface area contributed by atoms with E-state index in [9.17, 15) is 10.2 Å². The van der Waals surface area contributed by atoms with Gasteiger partial charge in [-0.05, 0) is 45.5 Å². The molecule has 2 nitrogen and oxygen atoms in total. The number of aromatic hydroxyl groups is 2. The van der Waals surface area contributed by atoms with E-state index in [1.807, 2.05) is 0 Å². The van der Waals surface area contributed by atoms with Crippen LogP contribution in [0.3, 0.4) is 0 Å². The van der Waals surface area contributed by atoms with Crippen LogP contribution in [0, 0.1) is 23.3 Å². The maximum absolute atomic E-state index is 16.1. The van der Waals surface area contributed by atoms with E-state index in [1.165, 1.54) is 24.3 Å². The molecule has 43 heavy (non-hydrogen) atoms. The molecule has 6 aromatic carbocycles. The van der Waals surface area contributed by atoms with Gasteiger partial charge in [0.15, 0.2) is 23.1 Å². The number of hydrogen-bond acceptors (Lipinski definition) is 2. The molecule has 1 aliphatic rings. The molecule has 0 radical (unpaired) electrons. The summed E-state index contributed by atoms with van der Waals surface area (Å²) in [5, 5.41) is 23.1. The SMILES string of the molecule is Oc1c(C2(c3cc(F)c(-c4ccccc4)c(F)c3O)c3ccccc3-c3ccccc32)cc(F)c(-c2ccccc2)c1F. The Labute approximate surface area is 244 Å². The number of rotatable bonds is 4. The Hall–Kier alpha value is -5.36. The normalized spacial score (nSPS) is 13.0. The van der Waals surface area contributed by atoms with Crippen molar-refractivity contribution in [3.8, 4) is 44.9 Å². The first-order chi connectivity index (χ1) is 20.9. The zero-order valence-electron chi connectivity index (χ0n) is 22.5. The van der Waals surface area contributed by atoms with E-state index in [0.29, 0.717) is 22.3 Å². The fourth-order valence-electron chi connectivity index (χ4n) is 6.49. The summed E-state index contributed by atoms with van der Waals surface area (Å²) in [6.45, 7) is 0. The van der Waals surface area contributed by atoms with Crippen molar-refractivity contribution in [2.24, 2.45) is 0 Å². The smallest absolute Gasteiger partial charge is 0.175 e. The Morgan fingerprint density at radius 1 is 0.419 bits per heavy atom. The van der Waals surface area contributed by atoms with E-state index < -0.39 is 51.3 Å². The third-order valence-electron chi connectivity index (χ3n) is 8.27. The van der Waals surface area contributed by atoms with Crippen LogP contribution in [0.5, 0.6) is 11.5 Å². The molecule has 0 saturated heterocycles. The molecule has 0 aliphatic heterocycles. The highest BCUT2D eigenvalue weighted by Gasteiger charge is 2.51. The molecular formula is C37H22F4O2. The van der Waals surface area contributed by atoms with Crippen LogP contribution in [-0.2, 0) is 5.41 Å². The summed E-state index contributed by atoms with van der Waals surface area (Å²) in [4.78, 5) is 0. The predicted molar refractivity (Wildman–Crippen MR) is 158 cm³/mol. The second kappa shape index (κ2) is 9.88. The first-order valence-electron chi connectivity index (χ1n) is 13.6. The molecule has 0 saturated carbocycles. The van der Waals surface area contributed by atoms with Gasteiger partial charge in [-0.1, -0.05) is 109 Å². The van der Waals surface area contributed by atoms with Crippen LogP contribution >= 0.6 is 0 Å². The largest absolute Gasteiger partial charge is 0.505 e. The lowest BCUT2D eigenvalue weighted by Crippen LogP contribution is -2.30. The minimum Gasteiger partial charge on any atom is -0.505 e. The zero-order valence-corrected chi connectivity index (χ0v) is 22.5. The van der Waals surface area contributed by atoms with E-state index in [2.05, 4.69) is 0 Å². The van der Waals surface area contributed by atoms with Crippen LogP contribution in [0.1, 0.15) is 22.3 Å². The highest BCUT2D eigenvalue weighted by molar-refractivity contribution is 5.88. The van der Waals surface area contributed by atoms with Gasteiger partial charge in [0, 0.05) is 11.1 Å². The highest BCUT2D eigenvalue weighted by atomic mass is 19.1. The molecule has 0 unspecified atom stereocenters. The van der Waals surface area contributed by atoms with Crippen LogP contribution in [0.2, 0.25) is 0 Å². The number of hydrogen-bond donors (Lipinski definition) is 2. The number of halogens is 4. The Balaban J connectivity index is 1.63. The summed E-state index contributed by atoms with van der Waals surface area (Å²) >= 11 is 0. The van der Waals surface area contributed by atoms with Gasteiger partial charge in [0.25, 0.3) is 0 Å².